The minimum absolute atomic E-state index is 0.0584. The molecule has 0 saturated heterocycles. The molecule has 0 saturated carbocycles. The van der Waals surface area contributed by atoms with E-state index in [2.05, 4.69) is 10.3 Å². The monoisotopic (exact) mass is 291 g/mol. The summed E-state index contributed by atoms with van der Waals surface area (Å²) in [6.07, 6.45) is 0. The largest absolute Gasteiger partial charge is 0.371 e. The first-order valence-electron chi connectivity index (χ1n) is 7.09. The van der Waals surface area contributed by atoms with Crippen molar-refractivity contribution in [3.63, 3.8) is 0 Å². The Morgan fingerprint density at radius 1 is 1.33 bits per heavy atom. The molecular weight excluding hydrogens is 266 g/mol. The number of carbonyl (C=O) groups is 1. The van der Waals surface area contributed by atoms with Crippen molar-refractivity contribution >= 4 is 23.1 Å². The van der Waals surface area contributed by atoms with E-state index in [9.17, 15) is 4.79 Å². The second-order valence-corrected chi connectivity index (χ2v) is 5.53. The number of benzene rings is 1. The third-order valence-corrected chi connectivity index (χ3v) is 2.79. The number of nitrogens with one attached hydrogen (secondary N) is 1. The third-order valence-electron chi connectivity index (χ3n) is 2.79. The van der Waals surface area contributed by atoms with Crippen LogP contribution in [-0.2, 0) is 9.53 Å². The topological polar surface area (TPSA) is 53.9 Å². The lowest BCUT2D eigenvalue weighted by atomic mass is 10.2. The first-order chi connectivity index (χ1) is 9.90. The number of aliphatic imine (C=N–C) groups is 1. The molecule has 1 aromatic rings. The zero-order valence-corrected chi connectivity index (χ0v) is 13.5. The van der Waals surface area contributed by atoms with E-state index in [1.54, 1.807) is 0 Å². The van der Waals surface area contributed by atoms with Gasteiger partial charge in [-0.05, 0) is 25.0 Å². The lowest BCUT2D eigenvalue weighted by Gasteiger charge is -2.13. The van der Waals surface area contributed by atoms with Crippen molar-refractivity contribution in [3.05, 3.63) is 24.3 Å². The summed E-state index contributed by atoms with van der Waals surface area (Å²) in [5.41, 5.74) is 1.43. The first-order valence-corrected chi connectivity index (χ1v) is 7.09. The minimum atomic E-state index is -0.166. The summed E-state index contributed by atoms with van der Waals surface area (Å²) in [5, 5.41) is 2.84. The smallest absolute Gasteiger partial charge is 0.250 e. The fourth-order valence-corrected chi connectivity index (χ4v) is 1.52. The van der Waals surface area contributed by atoms with Gasteiger partial charge in [0.25, 0.3) is 0 Å². The highest BCUT2D eigenvalue weighted by atomic mass is 16.5. The van der Waals surface area contributed by atoms with E-state index in [0.29, 0.717) is 18.2 Å². The highest BCUT2D eigenvalue weighted by Crippen LogP contribution is 2.24. The predicted molar refractivity (Wildman–Crippen MR) is 87.2 cm³/mol. The van der Waals surface area contributed by atoms with Crippen LogP contribution in [-0.4, -0.2) is 44.0 Å². The molecule has 1 amide bonds. The van der Waals surface area contributed by atoms with Crippen molar-refractivity contribution in [2.45, 2.75) is 20.8 Å². The molecule has 0 fully saturated rings. The highest BCUT2D eigenvalue weighted by molar-refractivity contribution is 5.95. The van der Waals surface area contributed by atoms with Gasteiger partial charge in [-0.15, -0.1) is 0 Å². The summed E-state index contributed by atoms with van der Waals surface area (Å²) in [6.45, 7) is 6.65. The minimum Gasteiger partial charge on any atom is -0.371 e. The Bertz CT molecular complexity index is 496. The van der Waals surface area contributed by atoms with Crippen LogP contribution in [0.15, 0.2) is 29.3 Å². The van der Waals surface area contributed by atoms with Crippen molar-refractivity contribution in [2.24, 2.45) is 10.9 Å². The average molecular weight is 291 g/mol. The number of hydrogen-bond acceptors (Lipinski definition) is 3. The van der Waals surface area contributed by atoms with Gasteiger partial charge in [-0.25, -0.2) is 4.99 Å². The van der Waals surface area contributed by atoms with E-state index in [0.717, 1.165) is 11.5 Å². The van der Waals surface area contributed by atoms with Gasteiger partial charge in [0.2, 0.25) is 5.91 Å². The van der Waals surface area contributed by atoms with E-state index < -0.39 is 0 Å². The van der Waals surface area contributed by atoms with Crippen LogP contribution in [0.25, 0.3) is 0 Å². The summed E-state index contributed by atoms with van der Waals surface area (Å²) < 4.78 is 5.33. The van der Waals surface area contributed by atoms with Crippen LogP contribution in [0.5, 0.6) is 0 Å². The van der Waals surface area contributed by atoms with Gasteiger partial charge in [-0.3, -0.25) is 4.79 Å². The van der Waals surface area contributed by atoms with Gasteiger partial charge in [-0.1, -0.05) is 26.0 Å². The third kappa shape index (κ3) is 6.40. The molecule has 116 valence electrons. The predicted octanol–water partition coefficient (Wildman–Crippen LogP) is 2.91. The van der Waals surface area contributed by atoms with Gasteiger partial charge in [0.05, 0.1) is 11.4 Å². The van der Waals surface area contributed by atoms with E-state index >= 15 is 0 Å². The number of hydrogen-bond donors (Lipinski definition) is 1. The molecule has 0 aliphatic carbocycles. The van der Waals surface area contributed by atoms with E-state index in [1.807, 2.05) is 64.0 Å². The first kappa shape index (κ1) is 17.2. The van der Waals surface area contributed by atoms with Crippen LogP contribution >= 0.6 is 0 Å². The SMILES string of the molecule is C/C(=N\c1ccccc1NC(=O)COCC(C)C)N(C)C. The normalized spacial score (nSPS) is 11.6. The Hall–Kier alpha value is -1.88. The standard InChI is InChI=1S/C16H25N3O2/c1-12(2)10-21-11-16(20)18-15-9-7-6-8-14(15)17-13(3)19(4)5/h6-9,12H,10-11H2,1-5H3,(H,18,20)/b17-13+. The van der Waals surface area contributed by atoms with Crippen LogP contribution < -0.4 is 5.32 Å². The Balaban J connectivity index is 2.71. The summed E-state index contributed by atoms with van der Waals surface area (Å²) in [6, 6.07) is 7.47. The fraction of sp³-hybridized carbons (Fsp3) is 0.500. The quantitative estimate of drug-likeness (QED) is 0.647. The van der Waals surface area contributed by atoms with Crippen molar-refractivity contribution in [3.8, 4) is 0 Å². The van der Waals surface area contributed by atoms with Crippen LogP contribution in [0, 0.1) is 5.92 Å². The van der Waals surface area contributed by atoms with Crippen molar-refractivity contribution in [1.29, 1.82) is 0 Å². The number of amides is 1. The molecule has 0 spiro atoms. The zero-order valence-electron chi connectivity index (χ0n) is 13.5. The molecule has 1 rings (SSSR count). The van der Waals surface area contributed by atoms with E-state index in [-0.39, 0.29) is 12.5 Å². The van der Waals surface area contributed by atoms with Gasteiger partial charge >= 0.3 is 0 Å². The lowest BCUT2D eigenvalue weighted by molar-refractivity contribution is -0.120. The molecule has 5 nitrogen and oxygen atoms in total. The molecule has 1 N–H and O–H groups in total. The summed E-state index contributed by atoms with van der Waals surface area (Å²) in [4.78, 5) is 18.3. The molecule has 0 heterocycles. The molecule has 0 unspecified atom stereocenters. The number of ether oxygens (including phenoxy) is 1. The number of carbonyl (C=O) groups excluding carboxylic acids is 1. The van der Waals surface area contributed by atoms with Gasteiger partial charge in [0.15, 0.2) is 0 Å². The molecule has 21 heavy (non-hydrogen) atoms. The number of nitrogens with zero attached hydrogens (tertiary/aromatic N) is 2. The van der Waals surface area contributed by atoms with Gasteiger partial charge < -0.3 is 15.0 Å². The second-order valence-electron chi connectivity index (χ2n) is 5.53. The molecule has 1 aromatic carbocycles. The van der Waals surface area contributed by atoms with Crippen LogP contribution in [0.3, 0.4) is 0 Å². The molecule has 0 aromatic heterocycles. The Labute approximate surface area is 127 Å². The number of anilines is 1. The molecule has 5 heteroatoms. The van der Waals surface area contributed by atoms with Crippen LogP contribution in [0.1, 0.15) is 20.8 Å². The van der Waals surface area contributed by atoms with Crippen LogP contribution in [0.4, 0.5) is 11.4 Å². The maximum absolute atomic E-state index is 11.9. The maximum atomic E-state index is 11.9. The molecule has 0 atom stereocenters. The molecule has 0 radical (unpaired) electrons. The fourth-order valence-electron chi connectivity index (χ4n) is 1.52. The average Bonchev–Trinajstić information content (AvgIpc) is 2.40. The van der Waals surface area contributed by atoms with Gasteiger partial charge in [0.1, 0.15) is 12.4 Å². The van der Waals surface area contributed by atoms with Gasteiger partial charge in [-0.2, -0.15) is 0 Å². The van der Waals surface area contributed by atoms with Crippen LogP contribution in [0.2, 0.25) is 0 Å². The zero-order chi connectivity index (χ0) is 15.8. The van der Waals surface area contributed by atoms with Crippen molar-refractivity contribution < 1.29 is 9.53 Å². The Morgan fingerprint density at radius 3 is 2.62 bits per heavy atom. The Morgan fingerprint density at radius 2 is 2.00 bits per heavy atom. The molecule has 0 bridgehead atoms. The van der Waals surface area contributed by atoms with E-state index in [4.69, 9.17) is 4.74 Å². The molecule has 0 aliphatic rings. The highest BCUT2D eigenvalue weighted by Gasteiger charge is 2.07. The van der Waals surface area contributed by atoms with Crippen molar-refractivity contribution in [1.82, 2.24) is 4.90 Å². The summed E-state index contributed by atoms with van der Waals surface area (Å²) in [7, 11) is 3.86. The summed E-state index contributed by atoms with van der Waals surface area (Å²) >= 11 is 0. The number of rotatable bonds is 6. The molecular formula is C16H25N3O2. The van der Waals surface area contributed by atoms with E-state index in [1.165, 1.54) is 0 Å². The van der Waals surface area contributed by atoms with Crippen molar-refractivity contribution in [2.75, 3.05) is 32.6 Å². The number of amidine groups is 1. The number of para-hydroxylation sites is 2. The second kappa shape index (κ2) is 8.42. The molecule has 0 aliphatic heterocycles. The Kier molecular flexibility index (Phi) is 6.88. The summed E-state index contributed by atoms with van der Waals surface area (Å²) in [5.74, 6) is 1.12. The maximum Gasteiger partial charge on any atom is 0.250 e. The van der Waals surface area contributed by atoms with Gasteiger partial charge in [0, 0.05) is 20.7 Å². The lowest BCUT2D eigenvalue weighted by Crippen LogP contribution is -2.20.